The number of hydrogen-bond acceptors (Lipinski definition) is 0. The minimum absolute atomic E-state index is 0.601. The molecule has 1 atom stereocenters. The van der Waals surface area contributed by atoms with Crippen LogP contribution in [0.15, 0.2) is 24.3 Å². The Balaban J connectivity index is 2.65. The van der Waals surface area contributed by atoms with E-state index in [1.165, 1.54) is 11.1 Å². The van der Waals surface area contributed by atoms with Gasteiger partial charge in [-0.05, 0) is 48.4 Å². The Hall–Kier alpha value is -1.04. The molecule has 0 heteroatoms. The van der Waals surface area contributed by atoms with E-state index in [1.807, 2.05) is 0 Å². The van der Waals surface area contributed by atoms with Gasteiger partial charge in [-0.1, -0.05) is 31.2 Å². The van der Waals surface area contributed by atoms with Gasteiger partial charge in [0.1, 0.15) is 0 Å². The van der Waals surface area contributed by atoms with Crippen LogP contribution in [0.25, 0.3) is 0 Å². The van der Waals surface area contributed by atoms with Crippen molar-refractivity contribution >= 4 is 0 Å². The van der Waals surface area contributed by atoms with E-state index < -0.39 is 0 Å². The predicted molar refractivity (Wildman–Crippen MR) is 57.2 cm³/mol. The summed E-state index contributed by atoms with van der Waals surface area (Å²) in [6.07, 6.45) is 5.72. The predicted octanol–water partition coefficient (Wildman–Crippen LogP) is 3.52. The second-order valence-corrected chi connectivity index (χ2v) is 4.01. The quantitative estimate of drug-likeness (QED) is 0.525. The number of rotatable bonds is 0. The van der Waals surface area contributed by atoms with E-state index in [1.54, 1.807) is 11.1 Å². The fraction of sp³-hybridized carbons (Fsp3) is 0.385. The largest absolute Gasteiger partial charge is 0.0835 e. The zero-order valence-corrected chi connectivity index (χ0v) is 8.59. The van der Waals surface area contributed by atoms with E-state index in [9.17, 15) is 0 Å². The normalized spacial score (nSPS) is 20.1. The minimum atomic E-state index is 0.601. The summed E-state index contributed by atoms with van der Waals surface area (Å²) in [6.45, 7) is 6.71. The molecule has 1 aliphatic carbocycles. The molecule has 0 saturated carbocycles. The second-order valence-electron chi connectivity index (χ2n) is 4.01. The van der Waals surface area contributed by atoms with Gasteiger partial charge in [-0.15, -0.1) is 0 Å². The average molecular weight is 172 g/mol. The Labute approximate surface area is 80.3 Å². The molecule has 0 bridgehead atoms. The van der Waals surface area contributed by atoms with Gasteiger partial charge in [0.25, 0.3) is 0 Å². The molecule has 0 radical (unpaired) electrons. The summed E-state index contributed by atoms with van der Waals surface area (Å²) in [5, 5.41) is 0. The maximum atomic E-state index is 2.31. The van der Waals surface area contributed by atoms with E-state index in [0.717, 1.165) is 6.42 Å². The number of benzene rings is 1. The van der Waals surface area contributed by atoms with Gasteiger partial charge in [0.15, 0.2) is 0 Å². The Morgan fingerprint density at radius 2 is 1.85 bits per heavy atom. The van der Waals surface area contributed by atoms with Crippen molar-refractivity contribution in [3.8, 4) is 0 Å². The standard InChI is InChI=1S/C13H16/c1-9-7-8-11(3)13-10(2)5-4-6-12(9)13/h4-5,7-8,10H,6H2,1-3H3. The molecular weight excluding hydrogens is 156 g/mol. The molecule has 0 aromatic heterocycles. The van der Waals surface area contributed by atoms with Crippen LogP contribution in [0.4, 0.5) is 0 Å². The van der Waals surface area contributed by atoms with Gasteiger partial charge in [0, 0.05) is 0 Å². The second kappa shape index (κ2) is 3.02. The highest BCUT2D eigenvalue weighted by Crippen LogP contribution is 2.31. The lowest BCUT2D eigenvalue weighted by Gasteiger charge is -2.21. The van der Waals surface area contributed by atoms with Crippen LogP contribution in [0.1, 0.15) is 35.1 Å². The van der Waals surface area contributed by atoms with E-state index >= 15 is 0 Å². The first-order valence-electron chi connectivity index (χ1n) is 4.96. The molecule has 0 fully saturated rings. The topological polar surface area (TPSA) is 0 Å². The van der Waals surface area contributed by atoms with Crippen molar-refractivity contribution in [2.24, 2.45) is 0 Å². The van der Waals surface area contributed by atoms with Gasteiger partial charge in [-0.25, -0.2) is 0 Å². The van der Waals surface area contributed by atoms with Gasteiger partial charge < -0.3 is 0 Å². The summed E-state index contributed by atoms with van der Waals surface area (Å²) in [7, 11) is 0. The molecule has 2 rings (SSSR count). The van der Waals surface area contributed by atoms with Crippen LogP contribution >= 0.6 is 0 Å². The zero-order valence-electron chi connectivity index (χ0n) is 8.59. The number of allylic oxidation sites excluding steroid dienone is 2. The van der Waals surface area contributed by atoms with Crippen molar-refractivity contribution in [3.63, 3.8) is 0 Å². The Morgan fingerprint density at radius 1 is 1.15 bits per heavy atom. The molecule has 0 saturated heterocycles. The molecule has 0 N–H and O–H groups in total. The average Bonchev–Trinajstić information content (AvgIpc) is 2.12. The first-order chi connectivity index (χ1) is 6.20. The third-order valence-corrected chi connectivity index (χ3v) is 3.01. The van der Waals surface area contributed by atoms with E-state index in [2.05, 4.69) is 45.1 Å². The SMILES string of the molecule is Cc1ccc(C)c2c1CC=CC2C. The van der Waals surface area contributed by atoms with Crippen molar-refractivity contribution in [1.82, 2.24) is 0 Å². The summed E-state index contributed by atoms with van der Waals surface area (Å²) in [4.78, 5) is 0. The summed E-state index contributed by atoms with van der Waals surface area (Å²) >= 11 is 0. The van der Waals surface area contributed by atoms with Crippen molar-refractivity contribution in [1.29, 1.82) is 0 Å². The highest BCUT2D eigenvalue weighted by Gasteiger charge is 2.15. The maximum absolute atomic E-state index is 2.31. The zero-order chi connectivity index (χ0) is 9.42. The van der Waals surface area contributed by atoms with Gasteiger partial charge in [-0.3, -0.25) is 0 Å². The Kier molecular flexibility index (Phi) is 1.99. The van der Waals surface area contributed by atoms with Crippen LogP contribution in [0, 0.1) is 13.8 Å². The molecule has 0 heterocycles. The highest BCUT2D eigenvalue weighted by atomic mass is 14.2. The smallest absolute Gasteiger partial charge is 0.000476 e. The first kappa shape index (κ1) is 8.55. The van der Waals surface area contributed by atoms with Crippen LogP contribution in [-0.4, -0.2) is 0 Å². The lowest BCUT2D eigenvalue weighted by molar-refractivity contribution is 0.888. The summed E-state index contributed by atoms with van der Waals surface area (Å²) in [5.41, 5.74) is 5.99. The summed E-state index contributed by atoms with van der Waals surface area (Å²) in [5.74, 6) is 0.601. The lowest BCUT2D eigenvalue weighted by atomic mass is 9.84. The molecular formula is C13H16. The van der Waals surface area contributed by atoms with Crippen LogP contribution in [0.5, 0.6) is 0 Å². The number of aryl methyl sites for hydroxylation is 2. The fourth-order valence-electron chi connectivity index (χ4n) is 2.28. The van der Waals surface area contributed by atoms with Crippen molar-refractivity contribution < 1.29 is 0 Å². The van der Waals surface area contributed by atoms with Crippen molar-refractivity contribution in [2.75, 3.05) is 0 Å². The van der Waals surface area contributed by atoms with Gasteiger partial charge in [0.2, 0.25) is 0 Å². The Bertz CT molecular complexity index is 359. The molecule has 0 nitrogen and oxygen atoms in total. The van der Waals surface area contributed by atoms with Gasteiger partial charge in [0.05, 0.1) is 0 Å². The fourth-order valence-corrected chi connectivity index (χ4v) is 2.28. The molecule has 1 aromatic carbocycles. The van der Waals surface area contributed by atoms with Crippen molar-refractivity contribution in [3.05, 3.63) is 46.5 Å². The van der Waals surface area contributed by atoms with Crippen LogP contribution < -0.4 is 0 Å². The molecule has 1 unspecified atom stereocenters. The van der Waals surface area contributed by atoms with Crippen molar-refractivity contribution in [2.45, 2.75) is 33.1 Å². The lowest BCUT2D eigenvalue weighted by Crippen LogP contribution is -2.06. The third-order valence-electron chi connectivity index (χ3n) is 3.01. The van der Waals surface area contributed by atoms with Gasteiger partial charge in [-0.2, -0.15) is 0 Å². The van der Waals surface area contributed by atoms with Crippen LogP contribution in [0.2, 0.25) is 0 Å². The van der Waals surface area contributed by atoms with Gasteiger partial charge >= 0.3 is 0 Å². The van der Waals surface area contributed by atoms with Crippen LogP contribution in [-0.2, 0) is 6.42 Å². The molecule has 0 spiro atoms. The van der Waals surface area contributed by atoms with E-state index in [0.29, 0.717) is 5.92 Å². The molecule has 68 valence electrons. The molecule has 1 aromatic rings. The molecule has 1 aliphatic rings. The third kappa shape index (κ3) is 1.31. The number of fused-ring (bicyclic) bond motifs is 1. The molecule has 13 heavy (non-hydrogen) atoms. The first-order valence-corrected chi connectivity index (χ1v) is 4.96. The van der Waals surface area contributed by atoms with E-state index in [4.69, 9.17) is 0 Å². The minimum Gasteiger partial charge on any atom is -0.0835 e. The monoisotopic (exact) mass is 172 g/mol. The Morgan fingerprint density at radius 3 is 2.54 bits per heavy atom. The highest BCUT2D eigenvalue weighted by molar-refractivity contribution is 5.46. The summed E-state index contributed by atoms with van der Waals surface area (Å²) in [6, 6.07) is 4.48. The maximum Gasteiger partial charge on any atom is -0.000476 e. The van der Waals surface area contributed by atoms with Crippen LogP contribution in [0.3, 0.4) is 0 Å². The number of hydrogen-bond donors (Lipinski definition) is 0. The molecule has 0 aliphatic heterocycles. The van der Waals surface area contributed by atoms with E-state index in [-0.39, 0.29) is 0 Å². The summed E-state index contributed by atoms with van der Waals surface area (Å²) < 4.78 is 0. The molecule has 0 amide bonds.